The van der Waals surface area contributed by atoms with Crippen molar-refractivity contribution in [1.29, 1.82) is 0 Å². The molecule has 14 heavy (non-hydrogen) atoms. The Kier molecular flexibility index (Phi) is 3.55. The summed E-state index contributed by atoms with van der Waals surface area (Å²) < 4.78 is 36.1. The Hall–Kier alpha value is -0.555. The first-order chi connectivity index (χ1) is 6.38. The molecule has 1 aromatic rings. The van der Waals surface area contributed by atoms with Crippen LogP contribution in [0.2, 0.25) is 0 Å². The van der Waals surface area contributed by atoms with Crippen LogP contribution in [-0.4, -0.2) is 30.4 Å². The van der Waals surface area contributed by atoms with Crippen LogP contribution in [0.1, 0.15) is 10.6 Å². The van der Waals surface area contributed by atoms with Crippen molar-refractivity contribution in [3.8, 4) is 0 Å². The zero-order chi connectivity index (χ0) is 10.8. The topological polar surface area (TPSA) is 16.1 Å². The van der Waals surface area contributed by atoms with Gasteiger partial charge in [0.2, 0.25) is 0 Å². The highest BCUT2D eigenvalue weighted by atomic mass is 32.1. The van der Waals surface area contributed by atoms with Crippen molar-refractivity contribution in [2.75, 3.05) is 13.5 Å². The van der Waals surface area contributed by atoms with Crippen molar-refractivity contribution in [2.24, 2.45) is 0 Å². The minimum atomic E-state index is -4.73. The molecular formula is C7H11BF3N2S-. The van der Waals surface area contributed by atoms with Crippen LogP contribution in [0.5, 0.6) is 0 Å². The summed E-state index contributed by atoms with van der Waals surface area (Å²) in [7, 11) is 1.47. The van der Waals surface area contributed by atoms with Gasteiger partial charge in [-0.2, -0.15) is 0 Å². The fourth-order valence-corrected chi connectivity index (χ4v) is 2.00. The molecule has 0 aliphatic rings. The van der Waals surface area contributed by atoms with E-state index in [9.17, 15) is 12.9 Å². The van der Waals surface area contributed by atoms with Gasteiger partial charge in [0, 0.05) is 11.4 Å². The van der Waals surface area contributed by atoms with Gasteiger partial charge >= 0.3 is 6.98 Å². The van der Waals surface area contributed by atoms with E-state index in [0.29, 0.717) is 6.54 Å². The van der Waals surface area contributed by atoms with E-state index in [1.165, 1.54) is 23.3 Å². The Balaban J connectivity index is 2.50. The molecule has 0 radical (unpaired) electrons. The van der Waals surface area contributed by atoms with E-state index in [1.54, 1.807) is 12.4 Å². The molecule has 0 saturated heterocycles. The van der Waals surface area contributed by atoms with Gasteiger partial charge in [-0.3, -0.25) is 0 Å². The Morgan fingerprint density at radius 3 is 2.57 bits per heavy atom. The Morgan fingerprint density at radius 2 is 2.14 bits per heavy atom. The number of aryl methyl sites for hydroxylation is 1. The number of nitrogens with zero attached hydrogens (tertiary/aromatic N) is 2. The zero-order valence-electron chi connectivity index (χ0n) is 8.01. The van der Waals surface area contributed by atoms with E-state index >= 15 is 0 Å². The van der Waals surface area contributed by atoms with Crippen LogP contribution in [0.3, 0.4) is 0 Å². The molecule has 2 nitrogen and oxygen atoms in total. The fraction of sp³-hybridized carbons (Fsp3) is 0.571. The average Bonchev–Trinajstić information content (AvgIpc) is 2.32. The lowest BCUT2D eigenvalue weighted by Gasteiger charge is -2.22. The molecular weight excluding hydrogens is 212 g/mol. The van der Waals surface area contributed by atoms with Crippen molar-refractivity contribution >= 4 is 18.3 Å². The molecule has 0 aromatic carbocycles. The molecule has 0 spiro atoms. The highest BCUT2D eigenvalue weighted by Crippen LogP contribution is 2.16. The van der Waals surface area contributed by atoms with Crippen molar-refractivity contribution in [1.82, 2.24) is 9.88 Å². The molecule has 1 rings (SSSR count). The van der Waals surface area contributed by atoms with Gasteiger partial charge in [0.25, 0.3) is 0 Å². The predicted octanol–water partition coefficient (Wildman–Crippen LogP) is 2.27. The Bertz CT molecular complexity index is 299. The zero-order valence-corrected chi connectivity index (χ0v) is 8.82. The number of hydrogen-bond donors (Lipinski definition) is 0. The summed E-state index contributed by atoms with van der Waals surface area (Å²) in [6.45, 7) is -2.61. The largest absolute Gasteiger partial charge is 0.492 e. The number of rotatable bonds is 4. The molecule has 0 bridgehead atoms. The minimum absolute atomic E-state index is 0.317. The molecule has 0 N–H and O–H groups in total. The van der Waals surface area contributed by atoms with Crippen LogP contribution in [0, 0.1) is 6.92 Å². The summed E-state index contributed by atoms with van der Waals surface area (Å²) in [4.78, 5) is 6.14. The molecule has 7 heteroatoms. The quantitative estimate of drug-likeness (QED) is 0.728. The molecule has 0 aliphatic carbocycles. The summed E-state index contributed by atoms with van der Waals surface area (Å²) in [6.07, 6.45) is -0.822. The third kappa shape index (κ3) is 3.67. The molecule has 1 aromatic heterocycles. The first-order valence-electron chi connectivity index (χ1n) is 4.17. The summed E-state index contributed by atoms with van der Waals surface area (Å²) in [5.74, 6) is 0. The van der Waals surface area contributed by atoms with Gasteiger partial charge in [0.1, 0.15) is 0 Å². The molecule has 0 aliphatic heterocycles. The van der Waals surface area contributed by atoms with Crippen LogP contribution in [0.25, 0.3) is 0 Å². The van der Waals surface area contributed by atoms with Gasteiger partial charge in [-0.1, -0.05) is 0 Å². The molecule has 80 valence electrons. The predicted molar refractivity (Wildman–Crippen MR) is 52.3 cm³/mol. The fourth-order valence-electron chi connectivity index (χ4n) is 1.14. The standard InChI is InChI=1S/C7H11BF3N2S/c1-6-7(14-5-12-6)3-13(2)4-8(9,10)11/h5H,3-4H2,1-2H3/q-1. The van der Waals surface area contributed by atoms with Crippen molar-refractivity contribution < 1.29 is 12.9 Å². The Labute approximate surface area is 84.8 Å². The maximum atomic E-state index is 12.0. The monoisotopic (exact) mass is 223 g/mol. The van der Waals surface area contributed by atoms with Crippen LogP contribution in [-0.2, 0) is 6.54 Å². The van der Waals surface area contributed by atoms with E-state index in [1.807, 2.05) is 0 Å². The molecule has 1 heterocycles. The van der Waals surface area contributed by atoms with Gasteiger partial charge in [-0.05, 0) is 20.4 Å². The van der Waals surface area contributed by atoms with Crippen molar-refractivity contribution in [3.05, 3.63) is 16.1 Å². The molecule has 0 atom stereocenters. The lowest BCUT2D eigenvalue weighted by molar-refractivity contribution is 0.324. The van der Waals surface area contributed by atoms with Gasteiger partial charge < -0.3 is 17.8 Å². The summed E-state index contributed by atoms with van der Waals surface area (Å²) in [5, 5.41) is 0. The van der Waals surface area contributed by atoms with Crippen LogP contribution >= 0.6 is 11.3 Å². The normalized spacial score (nSPS) is 12.4. The van der Waals surface area contributed by atoms with Gasteiger partial charge in [-0.15, -0.1) is 11.3 Å². The minimum Gasteiger partial charge on any atom is -0.448 e. The van der Waals surface area contributed by atoms with E-state index < -0.39 is 13.4 Å². The van der Waals surface area contributed by atoms with Gasteiger partial charge in [-0.25, -0.2) is 4.98 Å². The maximum Gasteiger partial charge on any atom is 0.492 e. The summed E-state index contributed by atoms with van der Waals surface area (Å²) in [6, 6.07) is 0. The third-order valence-corrected chi connectivity index (χ3v) is 2.70. The van der Waals surface area contributed by atoms with Crippen LogP contribution < -0.4 is 0 Å². The SMILES string of the molecule is Cc1ncsc1CN(C)C[B-](F)(F)F. The van der Waals surface area contributed by atoms with Crippen molar-refractivity contribution in [2.45, 2.75) is 13.5 Å². The highest BCUT2D eigenvalue weighted by Gasteiger charge is 2.25. The van der Waals surface area contributed by atoms with E-state index in [4.69, 9.17) is 0 Å². The van der Waals surface area contributed by atoms with Gasteiger partial charge in [0.15, 0.2) is 0 Å². The maximum absolute atomic E-state index is 12.0. The van der Waals surface area contributed by atoms with Crippen molar-refractivity contribution in [3.63, 3.8) is 0 Å². The lowest BCUT2D eigenvalue weighted by atomic mass is 9.91. The molecule has 0 fully saturated rings. The van der Waals surface area contributed by atoms with Crippen LogP contribution in [0.15, 0.2) is 5.51 Å². The summed E-state index contributed by atoms with van der Waals surface area (Å²) in [5.41, 5.74) is 2.47. The highest BCUT2D eigenvalue weighted by molar-refractivity contribution is 7.09. The number of aromatic nitrogens is 1. The van der Waals surface area contributed by atoms with Gasteiger partial charge in [0.05, 0.1) is 11.2 Å². The Morgan fingerprint density at radius 1 is 1.50 bits per heavy atom. The van der Waals surface area contributed by atoms with E-state index in [0.717, 1.165) is 10.6 Å². The second-order valence-electron chi connectivity index (χ2n) is 3.27. The average molecular weight is 223 g/mol. The third-order valence-electron chi connectivity index (χ3n) is 1.78. The van der Waals surface area contributed by atoms with E-state index in [2.05, 4.69) is 4.98 Å². The van der Waals surface area contributed by atoms with Crippen LogP contribution in [0.4, 0.5) is 12.9 Å². The smallest absolute Gasteiger partial charge is 0.448 e. The summed E-state index contributed by atoms with van der Waals surface area (Å²) >= 11 is 1.39. The number of hydrogen-bond acceptors (Lipinski definition) is 3. The number of halogens is 3. The molecule has 0 saturated carbocycles. The second kappa shape index (κ2) is 4.31. The molecule has 0 amide bonds. The number of thiazole rings is 1. The first kappa shape index (κ1) is 11.5. The first-order valence-corrected chi connectivity index (χ1v) is 5.05. The van der Waals surface area contributed by atoms with E-state index in [-0.39, 0.29) is 0 Å². The lowest BCUT2D eigenvalue weighted by Crippen LogP contribution is -2.34. The second-order valence-corrected chi connectivity index (χ2v) is 4.21. The molecule has 0 unspecified atom stereocenters.